The Kier molecular flexibility index (Phi) is 4.82. The lowest BCUT2D eigenvalue weighted by atomic mass is 10.1. The van der Waals surface area contributed by atoms with E-state index in [9.17, 15) is 0 Å². The zero-order chi connectivity index (χ0) is 17.0. The second-order valence-corrected chi connectivity index (χ2v) is 4.94. The van der Waals surface area contributed by atoms with Crippen molar-refractivity contribution in [3.05, 3.63) is 34.5 Å². The SMILES string of the molecule is Cn1c(Cl)c(/C=N/N=C(N)N)c2ccc(/C=N/N=C(N)N)cc21. The molecule has 0 aliphatic carbocycles. The molecule has 0 fully saturated rings. The second kappa shape index (κ2) is 6.79. The molecule has 0 amide bonds. The van der Waals surface area contributed by atoms with E-state index in [1.54, 1.807) is 0 Å². The van der Waals surface area contributed by atoms with Crippen LogP contribution in [0.3, 0.4) is 0 Å². The third-order valence-corrected chi connectivity index (χ3v) is 3.39. The Morgan fingerprint density at radius 1 is 1.04 bits per heavy atom. The van der Waals surface area contributed by atoms with Crippen LogP contribution in [0.25, 0.3) is 10.9 Å². The van der Waals surface area contributed by atoms with E-state index in [2.05, 4.69) is 20.4 Å². The third-order valence-electron chi connectivity index (χ3n) is 2.93. The summed E-state index contributed by atoms with van der Waals surface area (Å²) in [5.74, 6) is -0.238. The van der Waals surface area contributed by atoms with Gasteiger partial charge in [-0.25, -0.2) is 0 Å². The van der Waals surface area contributed by atoms with Crippen LogP contribution in [0.15, 0.2) is 38.6 Å². The zero-order valence-electron chi connectivity index (χ0n) is 12.3. The molecule has 120 valence electrons. The summed E-state index contributed by atoms with van der Waals surface area (Å²) in [5.41, 5.74) is 23.3. The monoisotopic (exact) mass is 333 g/mol. The van der Waals surface area contributed by atoms with Crippen LogP contribution in [0.2, 0.25) is 5.15 Å². The molecule has 0 unspecified atom stereocenters. The van der Waals surface area contributed by atoms with Gasteiger partial charge in [0.25, 0.3) is 0 Å². The number of benzene rings is 1. The van der Waals surface area contributed by atoms with E-state index < -0.39 is 0 Å². The minimum absolute atomic E-state index is 0.109. The van der Waals surface area contributed by atoms with Crippen LogP contribution in [-0.4, -0.2) is 28.9 Å². The fourth-order valence-electron chi connectivity index (χ4n) is 1.97. The van der Waals surface area contributed by atoms with E-state index in [0.29, 0.717) is 10.7 Å². The molecule has 8 N–H and O–H groups in total. The highest BCUT2D eigenvalue weighted by molar-refractivity contribution is 6.34. The van der Waals surface area contributed by atoms with Crippen LogP contribution < -0.4 is 22.9 Å². The van der Waals surface area contributed by atoms with Crippen LogP contribution >= 0.6 is 11.6 Å². The number of guanidine groups is 2. The van der Waals surface area contributed by atoms with E-state index in [1.807, 2.05) is 29.8 Å². The normalized spacial score (nSPS) is 11.4. The Balaban J connectivity index is 2.47. The molecule has 0 aliphatic heterocycles. The summed E-state index contributed by atoms with van der Waals surface area (Å²) in [6, 6.07) is 5.63. The van der Waals surface area contributed by atoms with Crippen LogP contribution in [0.1, 0.15) is 11.1 Å². The first-order valence-corrected chi connectivity index (χ1v) is 6.80. The number of aromatic nitrogens is 1. The van der Waals surface area contributed by atoms with Gasteiger partial charge in [-0.3, -0.25) is 0 Å². The molecule has 0 saturated heterocycles. The standard InChI is InChI=1S/C13H16ClN9/c1-23-10-4-7(5-19-21-12(15)16)2-3-8(10)9(11(23)14)6-20-22-13(17)18/h2-6H,1H3,(H4,15,16,21)(H4,17,18,22)/b19-5+,20-6+. The lowest BCUT2D eigenvalue weighted by molar-refractivity contribution is 0.969. The Hall–Kier alpha value is -3.07. The van der Waals surface area contributed by atoms with Gasteiger partial charge in [0.15, 0.2) is 0 Å². The summed E-state index contributed by atoms with van der Waals surface area (Å²) < 4.78 is 1.81. The number of halogens is 1. The van der Waals surface area contributed by atoms with Gasteiger partial charge in [-0.2, -0.15) is 10.2 Å². The fraction of sp³-hybridized carbons (Fsp3) is 0.0769. The smallest absolute Gasteiger partial charge is 0.211 e. The molecule has 2 aromatic rings. The fourth-order valence-corrected chi connectivity index (χ4v) is 2.21. The Labute approximate surface area is 137 Å². The third kappa shape index (κ3) is 3.77. The molecule has 10 heteroatoms. The Morgan fingerprint density at radius 2 is 1.65 bits per heavy atom. The van der Waals surface area contributed by atoms with Gasteiger partial charge in [-0.15, -0.1) is 10.2 Å². The Bertz CT molecular complexity index is 837. The molecule has 0 saturated carbocycles. The molecule has 1 aromatic heterocycles. The molecule has 9 nitrogen and oxygen atoms in total. The highest BCUT2D eigenvalue weighted by Crippen LogP contribution is 2.28. The number of nitrogens with two attached hydrogens (primary N) is 4. The van der Waals surface area contributed by atoms with Gasteiger partial charge in [-0.1, -0.05) is 23.7 Å². The first-order chi connectivity index (χ1) is 10.9. The van der Waals surface area contributed by atoms with Crippen molar-refractivity contribution in [1.29, 1.82) is 0 Å². The zero-order valence-corrected chi connectivity index (χ0v) is 13.1. The maximum absolute atomic E-state index is 6.32. The van der Waals surface area contributed by atoms with E-state index in [1.165, 1.54) is 12.4 Å². The molecule has 0 spiro atoms. The first kappa shape index (κ1) is 16.3. The maximum atomic E-state index is 6.32. The molecule has 2 rings (SSSR count). The molecular formula is C13H16ClN9. The maximum Gasteiger partial charge on any atom is 0.211 e. The van der Waals surface area contributed by atoms with Gasteiger partial charge in [0.1, 0.15) is 5.15 Å². The summed E-state index contributed by atoms with van der Waals surface area (Å²) in [4.78, 5) is 0. The van der Waals surface area contributed by atoms with E-state index in [0.717, 1.165) is 16.5 Å². The van der Waals surface area contributed by atoms with Crippen LogP contribution in [0.5, 0.6) is 0 Å². The lowest BCUT2D eigenvalue weighted by Crippen LogP contribution is -2.21. The average Bonchev–Trinajstić information content (AvgIpc) is 2.71. The van der Waals surface area contributed by atoms with Crippen molar-refractivity contribution in [2.75, 3.05) is 0 Å². The molecule has 0 aliphatic rings. The Morgan fingerprint density at radius 3 is 2.26 bits per heavy atom. The summed E-state index contributed by atoms with van der Waals surface area (Å²) >= 11 is 6.32. The van der Waals surface area contributed by atoms with E-state index in [4.69, 9.17) is 34.5 Å². The minimum atomic E-state index is -0.129. The number of fused-ring (bicyclic) bond motifs is 1. The van der Waals surface area contributed by atoms with Gasteiger partial charge in [0, 0.05) is 18.0 Å². The number of aryl methyl sites for hydroxylation is 1. The molecule has 0 radical (unpaired) electrons. The quantitative estimate of drug-likeness (QED) is 0.353. The van der Waals surface area contributed by atoms with Crippen LogP contribution in [0.4, 0.5) is 0 Å². The average molecular weight is 334 g/mol. The number of rotatable bonds is 4. The van der Waals surface area contributed by atoms with Crippen molar-refractivity contribution < 1.29 is 0 Å². The van der Waals surface area contributed by atoms with Gasteiger partial charge in [0.05, 0.1) is 17.9 Å². The molecular weight excluding hydrogens is 318 g/mol. The number of hydrogen-bond acceptors (Lipinski definition) is 4. The van der Waals surface area contributed by atoms with Crippen molar-refractivity contribution in [3.8, 4) is 0 Å². The van der Waals surface area contributed by atoms with E-state index >= 15 is 0 Å². The van der Waals surface area contributed by atoms with E-state index in [-0.39, 0.29) is 11.9 Å². The van der Waals surface area contributed by atoms with Crippen molar-refractivity contribution >= 4 is 46.9 Å². The molecule has 23 heavy (non-hydrogen) atoms. The summed E-state index contributed by atoms with van der Waals surface area (Å²) in [5, 5.41) is 16.1. The summed E-state index contributed by atoms with van der Waals surface area (Å²) in [6.45, 7) is 0. The minimum Gasteiger partial charge on any atom is -0.369 e. The van der Waals surface area contributed by atoms with Crippen molar-refractivity contribution in [1.82, 2.24) is 4.57 Å². The molecule has 1 aromatic carbocycles. The lowest BCUT2D eigenvalue weighted by Gasteiger charge is -1.98. The highest BCUT2D eigenvalue weighted by Gasteiger charge is 2.12. The van der Waals surface area contributed by atoms with Crippen LogP contribution in [0, 0.1) is 0 Å². The summed E-state index contributed by atoms with van der Waals surface area (Å²) in [7, 11) is 1.83. The van der Waals surface area contributed by atoms with Crippen molar-refractivity contribution in [2.45, 2.75) is 0 Å². The number of nitrogens with zero attached hydrogens (tertiary/aromatic N) is 5. The predicted octanol–water partition coefficient (Wildman–Crippen LogP) is 0.0463. The topological polar surface area (TPSA) is 158 Å². The predicted molar refractivity (Wildman–Crippen MR) is 94.7 cm³/mol. The van der Waals surface area contributed by atoms with Gasteiger partial charge in [0.2, 0.25) is 11.9 Å². The molecule has 0 bridgehead atoms. The van der Waals surface area contributed by atoms with Gasteiger partial charge < -0.3 is 27.5 Å². The summed E-state index contributed by atoms with van der Waals surface area (Å²) in [6.07, 6.45) is 3.03. The number of hydrogen-bond donors (Lipinski definition) is 4. The highest BCUT2D eigenvalue weighted by atomic mass is 35.5. The molecule has 1 heterocycles. The molecule has 0 atom stereocenters. The first-order valence-electron chi connectivity index (χ1n) is 6.42. The van der Waals surface area contributed by atoms with Crippen molar-refractivity contribution in [2.24, 2.45) is 50.4 Å². The van der Waals surface area contributed by atoms with Gasteiger partial charge in [-0.05, 0) is 11.6 Å². The second-order valence-electron chi connectivity index (χ2n) is 4.58. The van der Waals surface area contributed by atoms with Gasteiger partial charge >= 0.3 is 0 Å². The van der Waals surface area contributed by atoms with Crippen LogP contribution in [-0.2, 0) is 7.05 Å². The largest absolute Gasteiger partial charge is 0.369 e. The van der Waals surface area contributed by atoms with Crippen molar-refractivity contribution in [3.63, 3.8) is 0 Å².